The van der Waals surface area contributed by atoms with Crippen molar-refractivity contribution in [3.8, 4) is 17.2 Å². The smallest absolute Gasteiger partial charge is 0.196 e. The van der Waals surface area contributed by atoms with E-state index in [0.29, 0.717) is 5.82 Å². The summed E-state index contributed by atoms with van der Waals surface area (Å²) in [4.78, 5) is 4.75. The van der Waals surface area contributed by atoms with E-state index in [9.17, 15) is 0 Å². The fourth-order valence-corrected chi connectivity index (χ4v) is 4.21. The number of aryl methyl sites for hydroxylation is 3. The first-order chi connectivity index (χ1) is 16.2. The van der Waals surface area contributed by atoms with Crippen LogP contribution in [0.4, 0.5) is 0 Å². The summed E-state index contributed by atoms with van der Waals surface area (Å²) in [5.41, 5.74) is 4.60. The lowest BCUT2D eigenvalue weighted by Crippen LogP contribution is -2.07. The quantitative estimate of drug-likeness (QED) is 0.312. The van der Waals surface area contributed by atoms with Crippen LogP contribution in [0.25, 0.3) is 17.2 Å². The molecule has 0 fully saturated rings. The minimum absolute atomic E-state index is 0.700. The molecule has 0 aliphatic heterocycles. The zero-order valence-corrected chi connectivity index (χ0v) is 20.0. The first-order valence-corrected chi connectivity index (χ1v) is 12.2. The fourth-order valence-electron chi connectivity index (χ4n) is 4.21. The van der Waals surface area contributed by atoms with Crippen LogP contribution in [0, 0.1) is 0 Å². The van der Waals surface area contributed by atoms with Gasteiger partial charge in [-0.25, -0.2) is 14.8 Å². The number of benzene rings is 1. The summed E-state index contributed by atoms with van der Waals surface area (Å²) in [5.74, 6) is 2.73. The molecule has 8 nitrogen and oxygen atoms in total. The van der Waals surface area contributed by atoms with E-state index < -0.39 is 0 Å². The van der Waals surface area contributed by atoms with Crippen molar-refractivity contribution in [3.63, 3.8) is 0 Å². The van der Waals surface area contributed by atoms with Crippen molar-refractivity contribution >= 4 is 0 Å². The molecular weight excluding hydrogens is 412 g/mol. The van der Waals surface area contributed by atoms with Crippen LogP contribution in [0.2, 0.25) is 0 Å². The number of nitrogens with one attached hydrogen (secondary N) is 1. The first kappa shape index (κ1) is 22.9. The lowest BCUT2D eigenvalue weighted by Gasteiger charge is -2.11. The summed E-state index contributed by atoms with van der Waals surface area (Å²) in [5, 5.41) is 19.5. The Bertz CT molecular complexity index is 1120. The van der Waals surface area contributed by atoms with Gasteiger partial charge in [-0.05, 0) is 65.4 Å². The van der Waals surface area contributed by atoms with Gasteiger partial charge in [-0.1, -0.05) is 45.7 Å². The van der Waals surface area contributed by atoms with Crippen LogP contribution in [0.15, 0.2) is 36.5 Å². The van der Waals surface area contributed by atoms with Gasteiger partial charge in [-0.3, -0.25) is 0 Å². The topological polar surface area (TPSA) is 90.1 Å². The van der Waals surface area contributed by atoms with Crippen LogP contribution in [0.3, 0.4) is 0 Å². The van der Waals surface area contributed by atoms with Gasteiger partial charge in [0.1, 0.15) is 5.82 Å². The Labute approximate surface area is 195 Å². The van der Waals surface area contributed by atoms with Crippen molar-refractivity contribution in [2.45, 2.75) is 78.7 Å². The van der Waals surface area contributed by atoms with Crippen LogP contribution in [0.5, 0.6) is 0 Å². The molecular formula is C25H34N8. The molecule has 33 heavy (non-hydrogen) atoms. The van der Waals surface area contributed by atoms with Gasteiger partial charge in [0.2, 0.25) is 0 Å². The van der Waals surface area contributed by atoms with Crippen LogP contribution < -0.4 is 0 Å². The number of aromatic nitrogens is 8. The molecule has 0 amide bonds. The lowest BCUT2D eigenvalue weighted by atomic mass is 10.1. The van der Waals surface area contributed by atoms with Crippen LogP contribution in [0.1, 0.15) is 75.7 Å². The van der Waals surface area contributed by atoms with E-state index >= 15 is 0 Å². The number of H-pyrrole nitrogens is 1. The molecule has 1 N–H and O–H groups in total. The van der Waals surface area contributed by atoms with E-state index in [0.717, 1.165) is 68.1 Å². The average Bonchev–Trinajstić information content (AvgIpc) is 3.56. The number of nitrogens with zero attached hydrogens (tertiary/aromatic N) is 7. The van der Waals surface area contributed by atoms with Crippen molar-refractivity contribution < 1.29 is 0 Å². The maximum absolute atomic E-state index is 4.76. The van der Waals surface area contributed by atoms with Gasteiger partial charge in [0.15, 0.2) is 11.6 Å². The molecule has 1 aromatic carbocycles. The highest BCUT2D eigenvalue weighted by Crippen LogP contribution is 2.27. The molecule has 0 unspecified atom stereocenters. The highest BCUT2D eigenvalue weighted by Gasteiger charge is 2.16. The highest BCUT2D eigenvalue weighted by molar-refractivity contribution is 5.60. The number of hydrogen-bond acceptors (Lipinski definition) is 5. The van der Waals surface area contributed by atoms with Crippen molar-refractivity contribution in [3.05, 3.63) is 59.3 Å². The summed E-state index contributed by atoms with van der Waals surface area (Å²) in [6, 6.07) is 10.8. The highest BCUT2D eigenvalue weighted by atomic mass is 15.5. The lowest BCUT2D eigenvalue weighted by molar-refractivity contribution is 0.623. The summed E-state index contributed by atoms with van der Waals surface area (Å²) >= 11 is 0. The van der Waals surface area contributed by atoms with E-state index in [1.165, 1.54) is 24.0 Å². The second-order valence-electron chi connectivity index (χ2n) is 8.53. The van der Waals surface area contributed by atoms with Crippen LogP contribution in [-0.2, 0) is 25.8 Å². The Hall–Kier alpha value is -3.29. The molecule has 0 atom stereocenters. The molecule has 0 saturated carbocycles. The third-order valence-electron chi connectivity index (χ3n) is 5.88. The third-order valence-corrected chi connectivity index (χ3v) is 5.88. The Morgan fingerprint density at radius 1 is 0.879 bits per heavy atom. The molecule has 3 aromatic heterocycles. The van der Waals surface area contributed by atoms with Crippen molar-refractivity contribution in [2.75, 3.05) is 0 Å². The van der Waals surface area contributed by atoms with E-state index in [2.05, 4.69) is 87.2 Å². The normalized spacial score (nSPS) is 11.4. The van der Waals surface area contributed by atoms with E-state index in [-0.39, 0.29) is 0 Å². The second kappa shape index (κ2) is 11.0. The number of rotatable bonds is 12. The largest absolute Gasteiger partial charge is 0.314 e. The van der Waals surface area contributed by atoms with E-state index in [1.54, 1.807) is 0 Å². The maximum atomic E-state index is 4.76. The summed E-state index contributed by atoms with van der Waals surface area (Å²) in [6.45, 7) is 7.31. The molecule has 0 bridgehead atoms. The molecule has 4 rings (SSSR count). The van der Waals surface area contributed by atoms with Crippen molar-refractivity contribution in [2.24, 2.45) is 0 Å². The molecule has 0 saturated heterocycles. The van der Waals surface area contributed by atoms with Crippen molar-refractivity contribution in [1.29, 1.82) is 0 Å². The van der Waals surface area contributed by atoms with Gasteiger partial charge in [-0.15, -0.1) is 5.10 Å². The Morgan fingerprint density at radius 3 is 2.39 bits per heavy atom. The Kier molecular flexibility index (Phi) is 7.65. The number of aromatic amines is 1. The first-order valence-electron chi connectivity index (χ1n) is 12.2. The van der Waals surface area contributed by atoms with Gasteiger partial charge in [0.05, 0.1) is 12.2 Å². The minimum atomic E-state index is 0.700. The number of tetrazole rings is 1. The van der Waals surface area contributed by atoms with Gasteiger partial charge in [-0.2, -0.15) is 5.10 Å². The fraction of sp³-hybridized carbons (Fsp3) is 0.480. The molecule has 0 spiro atoms. The standard InChI is InChI=1S/C25H34N8/c1-4-7-8-11-20-16-17-32(24(20)25-27-30-31-28-25)21-14-12-19(13-15-21)18-33-23(10-6-3)26-22(29-33)9-5-2/h12-17H,4-11,18H2,1-3H3,(H,27,28,30,31). The molecule has 0 aliphatic carbocycles. The predicted octanol–water partition coefficient (Wildman–Crippen LogP) is 4.93. The van der Waals surface area contributed by atoms with Gasteiger partial charge < -0.3 is 4.57 Å². The molecule has 4 aromatic rings. The molecule has 3 heterocycles. The van der Waals surface area contributed by atoms with Crippen LogP contribution >= 0.6 is 0 Å². The minimum Gasteiger partial charge on any atom is -0.314 e. The molecule has 0 radical (unpaired) electrons. The number of unbranched alkanes of at least 4 members (excludes halogenated alkanes) is 2. The molecule has 0 aliphatic rings. The van der Waals surface area contributed by atoms with Gasteiger partial charge >= 0.3 is 0 Å². The zero-order valence-electron chi connectivity index (χ0n) is 20.0. The summed E-state index contributed by atoms with van der Waals surface area (Å²) in [7, 11) is 0. The zero-order chi connectivity index (χ0) is 23.0. The van der Waals surface area contributed by atoms with E-state index in [1.807, 2.05) is 0 Å². The Balaban J connectivity index is 1.58. The Morgan fingerprint density at radius 2 is 1.70 bits per heavy atom. The predicted molar refractivity (Wildman–Crippen MR) is 129 cm³/mol. The molecule has 8 heteroatoms. The van der Waals surface area contributed by atoms with E-state index in [4.69, 9.17) is 10.1 Å². The number of hydrogen-bond donors (Lipinski definition) is 1. The second-order valence-corrected chi connectivity index (χ2v) is 8.53. The monoisotopic (exact) mass is 446 g/mol. The van der Waals surface area contributed by atoms with Crippen LogP contribution in [-0.4, -0.2) is 40.0 Å². The summed E-state index contributed by atoms with van der Waals surface area (Å²) < 4.78 is 4.24. The van der Waals surface area contributed by atoms with Crippen molar-refractivity contribution in [1.82, 2.24) is 40.0 Å². The SMILES string of the molecule is CCCCCc1ccn(-c2ccc(Cn3nc(CCC)nc3CCC)cc2)c1-c1nnn[nH]1. The third kappa shape index (κ3) is 5.38. The van der Waals surface area contributed by atoms with Gasteiger partial charge in [0.25, 0.3) is 0 Å². The summed E-state index contributed by atoms with van der Waals surface area (Å²) in [6.07, 6.45) is 10.7. The molecule has 174 valence electrons. The average molecular weight is 447 g/mol. The van der Waals surface area contributed by atoms with Gasteiger partial charge in [0, 0.05) is 24.7 Å². The maximum Gasteiger partial charge on any atom is 0.196 e.